The Morgan fingerprint density at radius 2 is 2.16 bits per heavy atom. The van der Waals surface area contributed by atoms with Gasteiger partial charge in [0.05, 0.1) is 12.2 Å². The van der Waals surface area contributed by atoms with Crippen LogP contribution in [-0.2, 0) is 0 Å². The molecule has 1 aromatic carbocycles. The largest absolute Gasteiger partial charge is 0.494 e. The Hall–Kier alpha value is -2.02. The summed E-state index contributed by atoms with van der Waals surface area (Å²) in [6, 6.07) is 6.38. The van der Waals surface area contributed by atoms with Crippen molar-refractivity contribution in [2.24, 2.45) is 0 Å². The Bertz CT molecular complexity index is 514. The number of aromatic nitrogens is 3. The van der Waals surface area contributed by atoms with Gasteiger partial charge < -0.3 is 9.84 Å². The SMILES string of the molecule is O=C(O)c1ccc(OCCCSc2ncn[nH]2)cc1. The molecule has 0 aliphatic heterocycles. The highest BCUT2D eigenvalue weighted by molar-refractivity contribution is 7.99. The summed E-state index contributed by atoms with van der Waals surface area (Å²) in [6.45, 7) is 0.577. The first-order valence-corrected chi connectivity index (χ1v) is 6.68. The van der Waals surface area contributed by atoms with Crippen LogP contribution in [0.15, 0.2) is 35.7 Å². The van der Waals surface area contributed by atoms with Crippen LogP contribution in [0, 0.1) is 0 Å². The average molecular weight is 279 g/mol. The summed E-state index contributed by atoms with van der Waals surface area (Å²) >= 11 is 1.58. The Labute approximate surface area is 114 Å². The second-order valence-electron chi connectivity index (χ2n) is 3.67. The number of aromatic carboxylic acids is 1. The van der Waals surface area contributed by atoms with Gasteiger partial charge in [-0.25, -0.2) is 9.78 Å². The number of nitrogens with one attached hydrogen (secondary N) is 1. The first-order valence-electron chi connectivity index (χ1n) is 5.70. The fraction of sp³-hybridized carbons (Fsp3) is 0.250. The third-order valence-corrected chi connectivity index (χ3v) is 3.25. The number of aromatic amines is 1. The van der Waals surface area contributed by atoms with Crippen molar-refractivity contribution in [3.05, 3.63) is 36.2 Å². The third-order valence-electron chi connectivity index (χ3n) is 2.29. The van der Waals surface area contributed by atoms with E-state index in [1.807, 2.05) is 0 Å². The van der Waals surface area contributed by atoms with E-state index in [4.69, 9.17) is 9.84 Å². The number of carboxylic acid groups (broad SMARTS) is 1. The van der Waals surface area contributed by atoms with Gasteiger partial charge in [-0.1, -0.05) is 11.8 Å². The molecular formula is C12H13N3O3S. The number of benzene rings is 1. The first kappa shape index (κ1) is 13.4. The van der Waals surface area contributed by atoms with Gasteiger partial charge in [0.15, 0.2) is 5.16 Å². The molecule has 0 fully saturated rings. The molecule has 0 aliphatic rings. The second kappa shape index (κ2) is 6.79. The highest BCUT2D eigenvalue weighted by Crippen LogP contribution is 2.14. The Morgan fingerprint density at radius 1 is 1.37 bits per heavy atom. The highest BCUT2D eigenvalue weighted by atomic mass is 32.2. The minimum Gasteiger partial charge on any atom is -0.494 e. The molecule has 19 heavy (non-hydrogen) atoms. The lowest BCUT2D eigenvalue weighted by Crippen LogP contribution is -2.00. The van der Waals surface area contributed by atoms with Crippen LogP contribution in [-0.4, -0.2) is 38.6 Å². The molecule has 0 radical (unpaired) electrons. The average Bonchev–Trinajstić information content (AvgIpc) is 2.92. The Balaban J connectivity index is 1.66. The maximum atomic E-state index is 10.7. The smallest absolute Gasteiger partial charge is 0.335 e. The van der Waals surface area contributed by atoms with E-state index in [1.54, 1.807) is 23.9 Å². The summed E-state index contributed by atoms with van der Waals surface area (Å²) in [5.41, 5.74) is 0.258. The first-order chi connectivity index (χ1) is 9.25. The van der Waals surface area contributed by atoms with Gasteiger partial charge in [0.1, 0.15) is 12.1 Å². The molecule has 0 saturated carbocycles. The summed E-state index contributed by atoms with van der Waals surface area (Å²) in [7, 11) is 0. The summed E-state index contributed by atoms with van der Waals surface area (Å²) < 4.78 is 5.51. The summed E-state index contributed by atoms with van der Waals surface area (Å²) in [5, 5.41) is 16.1. The third kappa shape index (κ3) is 4.29. The van der Waals surface area contributed by atoms with Crippen LogP contribution in [0.2, 0.25) is 0 Å². The Kier molecular flexibility index (Phi) is 4.79. The van der Waals surface area contributed by atoms with Crippen LogP contribution in [0.5, 0.6) is 5.75 Å². The maximum absolute atomic E-state index is 10.7. The van der Waals surface area contributed by atoms with Crippen molar-refractivity contribution in [1.29, 1.82) is 0 Å². The molecule has 0 amide bonds. The van der Waals surface area contributed by atoms with E-state index in [-0.39, 0.29) is 5.56 Å². The predicted octanol–water partition coefficient (Wildman–Crippen LogP) is 2.06. The normalized spacial score (nSPS) is 10.3. The van der Waals surface area contributed by atoms with Gasteiger partial charge in [-0.3, -0.25) is 5.10 Å². The number of rotatable bonds is 7. The van der Waals surface area contributed by atoms with Gasteiger partial charge >= 0.3 is 5.97 Å². The number of nitrogens with zero attached hydrogens (tertiary/aromatic N) is 2. The molecule has 2 N–H and O–H groups in total. The van der Waals surface area contributed by atoms with E-state index in [9.17, 15) is 4.79 Å². The van der Waals surface area contributed by atoms with Crippen molar-refractivity contribution in [1.82, 2.24) is 15.2 Å². The molecule has 0 atom stereocenters. The lowest BCUT2D eigenvalue weighted by molar-refractivity contribution is 0.0697. The van der Waals surface area contributed by atoms with Crippen molar-refractivity contribution < 1.29 is 14.6 Å². The zero-order valence-corrected chi connectivity index (χ0v) is 10.9. The molecule has 7 heteroatoms. The molecule has 0 bridgehead atoms. The molecule has 0 spiro atoms. The monoisotopic (exact) mass is 279 g/mol. The maximum Gasteiger partial charge on any atom is 0.335 e. The van der Waals surface area contributed by atoms with Crippen molar-refractivity contribution in [2.45, 2.75) is 11.6 Å². The summed E-state index contributed by atoms with van der Waals surface area (Å²) in [5.74, 6) is 0.618. The fourth-order valence-corrected chi connectivity index (χ4v) is 2.07. The molecular weight excluding hydrogens is 266 g/mol. The van der Waals surface area contributed by atoms with E-state index in [2.05, 4.69) is 15.2 Å². The predicted molar refractivity (Wildman–Crippen MR) is 70.6 cm³/mol. The molecule has 2 aromatic rings. The molecule has 0 saturated heterocycles. The zero-order chi connectivity index (χ0) is 13.5. The fourth-order valence-electron chi connectivity index (χ4n) is 1.38. The van der Waals surface area contributed by atoms with E-state index in [0.717, 1.165) is 17.3 Å². The lowest BCUT2D eigenvalue weighted by Gasteiger charge is -2.05. The van der Waals surface area contributed by atoms with E-state index in [0.29, 0.717) is 12.4 Å². The number of carboxylic acids is 1. The van der Waals surface area contributed by atoms with Gasteiger partial charge in [-0.2, -0.15) is 5.10 Å². The van der Waals surface area contributed by atoms with Crippen LogP contribution in [0.3, 0.4) is 0 Å². The molecule has 0 unspecified atom stereocenters. The Morgan fingerprint density at radius 3 is 2.79 bits per heavy atom. The van der Waals surface area contributed by atoms with Gasteiger partial charge in [-0.05, 0) is 30.7 Å². The number of ether oxygens (including phenoxy) is 1. The lowest BCUT2D eigenvalue weighted by atomic mass is 10.2. The summed E-state index contributed by atoms with van der Waals surface area (Å²) in [4.78, 5) is 14.7. The highest BCUT2D eigenvalue weighted by Gasteiger charge is 2.02. The van der Waals surface area contributed by atoms with E-state index in [1.165, 1.54) is 18.5 Å². The zero-order valence-electron chi connectivity index (χ0n) is 10.1. The minimum absolute atomic E-state index is 0.258. The quantitative estimate of drug-likeness (QED) is 0.596. The number of hydrogen-bond donors (Lipinski definition) is 2. The van der Waals surface area contributed by atoms with Crippen molar-refractivity contribution >= 4 is 17.7 Å². The standard InChI is InChI=1S/C12H13N3O3S/c16-11(17)9-2-4-10(5-3-9)18-6-1-7-19-12-13-8-14-15-12/h2-5,8H,1,6-7H2,(H,16,17)(H,13,14,15). The molecule has 0 aliphatic carbocycles. The van der Waals surface area contributed by atoms with Gasteiger partial charge in [0.25, 0.3) is 0 Å². The van der Waals surface area contributed by atoms with Crippen LogP contribution in [0.4, 0.5) is 0 Å². The molecule has 2 rings (SSSR count). The molecule has 100 valence electrons. The van der Waals surface area contributed by atoms with Crippen molar-refractivity contribution in [3.63, 3.8) is 0 Å². The van der Waals surface area contributed by atoms with Crippen molar-refractivity contribution in [3.8, 4) is 5.75 Å². The summed E-state index contributed by atoms with van der Waals surface area (Å²) in [6.07, 6.45) is 2.34. The molecule has 6 nitrogen and oxygen atoms in total. The van der Waals surface area contributed by atoms with E-state index >= 15 is 0 Å². The van der Waals surface area contributed by atoms with Gasteiger partial charge in [-0.15, -0.1) is 0 Å². The van der Waals surface area contributed by atoms with Crippen LogP contribution < -0.4 is 4.74 Å². The molecule has 1 aromatic heterocycles. The van der Waals surface area contributed by atoms with Crippen LogP contribution in [0.1, 0.15) is 16.8 Å². The molecule has 1 heterocycles. The number of H-pyrrole nitrogens is 1. The van der Waals surface area contributed by atoms with Gasteiger partial charge in [0.2, 0.25) is 0 Å². The number of carbonyl (C=O) groups is 1. The minimum atomic E-state index is -0.935. The van der Waals surface area contributed by atoms with E-state index < -0.39 is 5.97 Å². The topological polar surface area (TPSA) is 88.1 Å². The van der Waals surface area contributed by atoms with Crippen LogP contribution >= 0.6 is 11.8 Å². The van der Waals surface area contributed by atoms with Crippen LogP contribution in [0.25, 0.3) is 0 Å². The second-order valence-corrected chi connectivity index (χ2v) is 4.75. The van der Waals surface area contributed by atoms with Gasteiger partial charge in [0, 0.05) is 5.75 Å². The van der Waals surface area contributed by atoms with Crippen molar-refractivity contribution in [2.75, 3.05) is 12.4 Å². The number of thioether (sulfide) groups is 1. The number of hydrogen-bond acceptors (Lipinski definition) is 5.